The van der Waals surface area contributed by atoms with E-state index in [1.54, 1.807) is 6.07 Å². The molecule has 0 saturated heterocycles. The van der Waals surface area contributed by atoms with Crippen LogP contribution in [0.2, 0.25) is 5.02 Å². The van der Waals surface area contributed by atoms with Gasteiger partial charge < -0.3 is 5.32 Å². The van der Waals surface area contributed by atoms with Crippen LogP contribution >= 0.6 is 23.4 Å². The van der Waals surface area contributed by atoms with Crippen molar-refractivity contribution >= 4 is 35.1 Å². The van der Waals surface area contributed by atoms with Crippen LogP contribution in [0.25, 0.3) is 0 Å². The maximum atomic E-state index is 13.1. The second-order valence-corrected chi connectivity index (χ2v) is 6.74. The third kappa shape index (κ3) is 5.65. The Morgan fingerprint density at radius 2 is 1.92 bits per heavy atom. The summed E-state index contributed by atoms with van der Waals surface area (Å²) in [4.78, 5) is 24.5. The first kappa shape index (κ1) is 18.5. The van der Waals surface area contributed by atoms with Gasteiger partial charge >= 0.3 is 0 Å². The lowest BCUT2D eigenvalue weighted by Crippen LogP contribution is -2.42. The van der Waals surface area contributed by atoms with Gasteiger partial charge in [0.1, 0.15) is 5.82 Å². The number of rotatable bonds is 7. The van der Waals surface area contributed by atoms with Crippen molar-refractivity contribution in [3.05, 3.63) is 64.9 Å². The van der Waals surface area contributed by atoms with E-state index in [0.717, 1.165) is 5.56 Å². The topological polar surface area (TPSA) is 46.2 Å². The number of nitrogens with one attached hydrogen (secondary N) is 1. The maximum absolute atomic E-state index is 13.1. The molecule has 3 nitrogen and oxygen atoms in total. The lowest BCUT2D eigenvalue weighted by molar-refractivity contribution is -0.125. The van der Waals surface area contributed by atoms with E-state index in [2.05, 4.69) is 5.32 Å². The highest BCUT2D eigenvalue weighted by atomic mass is 35.5. The molecule has 0 bridgehead atoms. The second kappa shape index (κ2) is 8.85. The molecule has 2 rings (SSSR count). The molecule has 0 unspecified atom stereocenters. The first-order valence-electron chi connectivity index (χ1n) is 7.37. The Morgan fingerprint density at radius 1 is 1.21 bits per heavy atom. The standard InChI is InChI=1S/C18H17ClFNO2S/c1-12(22)17(9-13-5-3-2-4-6-13)21-18(23)11-24-14-7-8-16(20)15(19)10-14/h2-8,10,17H,9,11H2,1H3,(H,21,23)/t17-/m1/s1. The predicted octanol–water partition coefficient (Wildman–Crippen LogP) is 3.89. The van der Waals surface area contributed by atoms with Gasteiger partial charge in [-0.25, -0.2) is 4.39 Å². The number of Topliss-reactive ketones (excluding diaryl/α,β-unsaturated/α-hetero) is 1. The molecule has 6 heteroatoms. The van der Waals surface area contributed by atoms with Crippen LogP contribution < -0.4 is 5.32 Å². The fourth-order valence-electron chi connectivity index (χ4n) is 2.10. The van der Waals surface area contributed by atoms with Crippen LogP contribution in [-0.4, -0.2) is 23.5 Å². The van der Waals surface area contributed by atoms with E-state index < -0.39 is 11.9 Å². The van der Waals surface area contributed by atoms with Gasteiger partial charge in [0.15, 0.2) is 5.78 Å². The summed E-state index contributed by atoms with van der Waals surface area (Å²) in [5.41, 5.74) is 0.982. The number of amides is 1. The first-order valence-corrected chi connectivity index (χ1v) is 8.73. The molecule has 0 aliphatic carbocycles. The zero-order chi connectivity index (χ0) is 17.5. The molecular weight excluding hydrogens is 349 g/mol. The molecule has 1 N–H and O–H groups in total. The third-order valence-corrected chi connectivity index (χ3v) is 4.65. The fraction of sp³-hybridized carbons (Fsp3) is 0.222. The van der Waals surface area contributed by atoms with Crippen LogP contribution in [0.15, 0.2) is 53.4 Å². The minimum Gasteiger partial charge on any atom is -0.345 e. The number of hydrogen-bond donors (Lipinski definition) is 1. The Kier molecular flexibility index (Phi) is 6.82. The van der Waals surface area contributed by atoms with Crippen molar-refractivity contribution in [1.82, 2.24) is 5.32 Å². The lowest BCUT2D eigenvalue weighted by atomic mass is 10.0. The van der Waals surface area contributed by atoms with Gasteiger partial charge in [-0.15, -0.1) is 11.8 Å². The van der Waals surface area contributed by atoms with E-state index in [9.17, 15) is 14.0 Å². The first-order chi connectivity index (χ1) is 11.5. The number of hydrogen-bond acceptors (Lipinski definition) is 3. The molecule has 2 aromatic carbocycles. The number of benzene rings is 2. The molecule has 0 radical (unpaired) electrons. The van der Waals surface area contributed by atoms with Gasteiger partial charge in [-0.3, -0.25) is 9.59 Å². The molecule has 0 saturated carbocycles. The molecule has 0 fully saturated rings. The van der Waals surface area contributed by atoms with Crippen molar-refractivity contribution in [2.75, 3.05) is 5.75 Å². The van der Waals surface area contributed by atoms with Crippen molar-refractivity contribution in [1.29, 1.82) is 0 Å². The van der Waals surface area contributed by atoms with Crippen molar-refractivity contribution in [3.63, 3.8) is 0 Å². The van der Waals surface area contributed by atoms with Crippen LogP contribution in [0.1, 0.15) is 12.5 Å². The van der Waals surface area contributed by atoms with Gasteiger partial charge in [0.2, 0.25) is 5.91 Å². The summed E-state index contributed by atoms with van der Waals surface area (Å²) in [7, 11) is 0. The summed E-state index contributed by atoms with van der Waals surface area (Å²) in [5, 5.41) is 2.76. The Balaban J connectivity index is 1.90. The van der Waals surface area contributed by atoms with E-state index in [-0.39, 0.29) is 22.5 Å². The van der Waals surface area contributed by atoms with E-state index in [1.807, 2.05) is 30.3 Å². The normalized spacial score (nSPS) is 11.8. The molecule has 0 aliphatic heterocycles. The second-order valence-electron chi connectivity index (χ2n) is 5.29. The number of ketones is 1. The maximum Gasteiger partial charge on any atom is 0.230 e. The van der Waals surface area contributed by atoms with Gasteiger partial charge in [-0.1, -0.05) is 41.9 Å². The fourth-order valence-corrected chi connectivity index (χ4v) is 3.09. The van der Waals surface area contributed by atoms with Crippen LogP contribution in [0.4, 0.5) is 4.39 Å². The minimum atomic E-state index is -0.558. The average Bonchev–Trinajstić information content (AvgIpc) is 2.56. The predicted molar refractivity (Wildman–Crippen MR) is 94.9 cm³/mol. The SMILES string of the molecule is CC(=O)[C@@H](Cc1ccccc1)NC(=O)CSc1ccc(F)c(Cl)c1. The number of carbonyl (C=O) groups is 2. The summed E-state index contributed by atoms with van der Waals surface area (Å²) < 4.78 is 13.1. The molecule has 1 atom stereocenters. The Morgan fingerprint density at radius 3 is 2.54 bits per heavy atom. The molecule has 126 valence electrons. The number of thioether (sulfide) groups is 1. The highest BCUT2D eigenvalue weighted by Crippen LogP contribution is 2.23. The quantitative estimate of drug-likeness (QED) is 0.757. The lowest BCUT2D eigenvalue weighted by Gasteiger charge is -2.16. The monoisotopic (exact) mass is 365 g/mol. The number of carbonyl (C=O) groups excluding carboxylic acids is 2. The van der Waals surface area contributed by atoms with Crippen molar-refractivity contribution < 1.29 is 14.0 Å². The van der Waals surface area contributed by atoms with Gasteiger partial charge in [0.05, 0.1) is 16.8 Å². The minimum absolute atomic E-state index is 0.0195. The summed E-state index contributed by atoms with van der Waals surface area (Å²) >= 11 is 6.95. The van der Waals surface area contributed by atoms with Crippen LogP contribution in [-0.2, 0) is 16.0 Å². The van der Waals surface area contributed by atoms with E-state index in [4.69, 9.17) is 11.6 Å². The van der Waals surface area contributed by atoms with Crippen molar-refractivity contribution in [2.24, 2.45) is 0 Å². The molecule has 24 heavy (non-hydrogen) atoms. The van der Waals surface area contributed by atoms with Crippen molar-refractivity contribution in [3.8, 4) is 0 Å². The van der Waals surface area contributed by atoms with Crippen LogP contribution in [0.5, 0.6) is 0 Å². The van der Waals surface area contributed by atoms with Crippen molar-refractivity contribution in [2.45, 2.75) is 24.3 Å². The summed E-state index contributed by atoms with van der Waals surface area (Å²) in [6, 6.07) is 13.2. The molecule has 0 spiro atoms. The molecule has 2 aromatic rings. The molecular formula is C18H17ClFNO2S. The number of halogens is 2. The summed E-state index contributed by atoms with van der Waals surface area (Å²) in [6.07, 6.45) is 0.453. The zero-order valence-electron chi connectivity index (χ0n) is 13.1. The summed E-state index contributed by atoms with van der Waals surface area (Å²) in [5.74, 6) is -0.718. The van der Waals surface area contributed by atoms with Crippen LogP contribution in [0.3, 0.4) is 0 Å². The zero-order valence-corrected chi connectivity index (χ0v) is 14.7. The van der Waals surface area contributed by atoms with E-state index >= 15 is 0 Å². The van der Waals surface area contributed by atoms with E-state index in [1.165, 1.54) is 30.8 Å². The highest BCUT2D eigenvalue weighted by Gasteiger charge is 2.17. The summed E-state index contributed by atoms with van der Waals surface area (Å²) in [6.45, 7) is 1.46. The van der Waals surface area contributed by atoms with Gasteiger partial charge in [0.25, 0.3) is 0 Å². The largest absolute Gasteiger partial charge is 0.345 e. The Bertz CT molecular complexity index is 724. The molecule has 1 amide bonds. The Labute approximate surface area is 149 Å². The van der Waals surface area contributed by atoms with Gasteiger partial charge in [0, 0.05) is 4.90 Å². The van der Waals surface area contributed by atoms with E-state index in [0.29, 0.717) is 11.3 Å². The molecule has 0 aliphatic rings. The van der Waals surface area contributed by atoms with Crippen LogP contribution in [0, 0.1) is 5.82 Å². The average molecular weight is 366 g/mol. The molecule has 0 heterocycles. The molecule has 0 aromatic heterocycles. The third-order valence-electron chi connectivity index (χ3n) is 3.37. The smallest absolute Gasteiger partial charge is 0.230 e. The Hall–Kier alpha value is -1.85. The highest BCUT2D eigenvalue weighted by molar-refractivity contribution is 8.00. The van der Waals surface area contributed by atoms with Gasteiger partial charge in [-0.05, 0) is 37.1 Å². The van der Waals surface area contributed by atoms with Gasteiger partial charge in [-0.2, -0.15) is 0 Å².